The molecule has 1 aromatic heterocycles. The third kappa shape index (κ3) is 6.86. The van der Waals surface area contributed by atoms with Crippen molar-refractivity contribution in [3.8, 4) is 5.75 Å². The first-order valence-electron chi connectivity index (χ1n) is 9.61. The lowest BCUT2D eigenvalue weighted by Crippen LogP contribution is -2.46. The quantitative estimate of drug-likeness (QED) is 0.536. The highest BCUT2D eigenvalue weighted by atomic mass is 32.2. The summed E-state index contributed by atoms with van der Waals surface area (Å²) in [6, 6.07) is 12.6. The average Bonchev–Trinajstić information content (AvgIpc) is 3.23. The Bertz CT molecular complexity index is 680. The maximum absolute atomic E-state index is 5.40. The molecule has 1 aliphatic rings. The molecule has 1 unspecified atom stereocenters. The van der Waals surface area contributed by atoms with E-state index in [1.807, 2.05) is 36.0 Å². The average molecular weight is 388 g/mol. The number of hydrogen-bond donors (Lipinski definition) is 2. The lowest BCUT2D eigenvalue weighted by molar-refractivity contribution is 0.414. The molecule has 27 heavy (non-hydrogen) atoms. The second-order valence-corrected chi connectivity index (χ2v) is 7.79. The largest absolute Gasteiger partial charge is 0.497 e. The predicted octanol–water partition coefficient (Wildman–Crippen LogP) is 3.50. The van der Waals surface area contributed by atoms with Crippen LogP contribution < -0.4 is 15.4 Å². The van der Waals surface area contributed by atoms with Gasteiger partial charge in [0.05, 0.1) is 13.4 Å². The molecule has 2 heterocycles. The summed E-state index contributed by atoms with van der Waals surface area (Å²) in [5.74, 6) is 5.20. The molecule has 0 aliphatic carbocycles. The first-order valence-corrected chi connectivity index (χ1v) is 10.8. The monoisotopic (exact) mass is 387 g/mol. The van der Waals surface area contributed by atoms with Crippen LogP contribution in [0.5, 0.6) is 5.75 Å². The number of rotatable bonds is 8. The Balaban J connectivity index is 1.50. The molecule has 5 nitrogen and oxygen atoms in total. The van der Waals surface area contributed by atoms with E-state index in [1.165, 1.54) is 24.2 Å². The van der Waals surface area contributed by atoms with Gasteiger partial charge < -0.3 is 19.8 Å². The van der Waals surface area contributed by atoms with Crippen LogP contribution in [0.2, 0.25) is 0 Å². The third-order valence-electron chi connectivity index (χ3n) is 4.57. The summed E-state index contributed by atoms with van der Waals surface area (Å²) in [5.41, 5.74) is 1.28. The molecule has 0 bridgehead atoms. The highest BCUT2D eigenvalue weighted by Gasteiger charge is 2.15. The number of ether oxygens (including phenoxy) is 1. The van der Waals surface area contributed by atoms with Gasteiger partial charge in [0.15, 0.2) is 5.96 Å². The van der Waals surface area contributed by atoms with E-state index in [0.717, 1.165) is 42.6 Å². The lowest BCUT2D eigenvalue weighted by atomic mass is 10.1. The Morgan fingerprint density at radius 3 is 2.85 bits per heavy atom. The molecular formula is C21H29N3O2S. The van der Waals surface area contributed by atoms with Gasteiger partial charge in [0.25, 0.3) is 0 Å². The minimum absolute atomic E-state index is 0.500. The van der Waals surface area contributed by atoms with Crippen LogP contribution in [0, 0.1) is 0 Å². The topological polar surface area (TPSA) is 58.8 Å². The lowest BCUT2D eigenvalue weighted by Gasteiger charge is -2.24. The Morgan fingerprint density at radius 2 is 2.15 bits per heavy atom. The predicted molar refractivity (Wildman–Crippen MR) is 113 cm³/mol. The molecule has 0 spiro atoms. The fraction of sp³-hybridized carbons (Fsp3) is 0.476. The normalized spacial score (nSPS) is 17.5. The fourth-order valence-electron chi connectivity index (χ4n) is 3.05. The van der Waals surface area contributed by atoms with Crippen LogP contribution in [0.3, 0.4) is 0 Å². The van der Waals surface area contributed by atoms with Crippen LogP contribution in [0.1, 0.15) is 24.2 Å². The Morgan fingerprint density at radius 1 is 1.26 bits per heavy atom. The minimum atomic E-state index is 0.500. The first kappa shape index (κ1) is 19.7. The number of methoxy groups -OCH3 is 1. The van der Waals surface area contributed by atoms with E-state index in [1.54, 1.807) is 13.4 Å². The smallest absolute Gasteiger partial charge is 0.191 e. The van der Waals surface area contributed by atoms with Gasteiger partial charge in [0, 0.05) is 31.3 Å². The van der Waals surface area contributed by atoms with E-state index in [4.69, 9.17) is 14.1 Å². The van der Waals surface area contributed by atoms with Gasteiger partial charge in [-0.15, -0.1) is 0 Å². The van der Waals surface area contributed by atoms with Crippen LogP contribution >= 0.6 is 11.8 Å². The van der Waals surface area contributed by atoms with Crippen LogP contribution in [-0.2, 0) is 12.8 Å². The Hall–Kier alpha value is -2.08. The summed E-state index contributed by atoms with van der Waals surface area (Å²) in [4.78, 5) is 4.76. The van der Waals surface area contributed by atoms with Crippen molar-refractivity contribution in [2.24, 2.45) is 4.99 Å². The number of nitrogens with one attached hydrogen (secondary N) is 2. The molecule has 1 fully saturated rings. The number of benzene rings is 1. The Kier molecular flexibility index (Phi) is 7.96. The zero-order valence-electron chi connectivity index (χ0n) is 15.9. The molecule has 0 radical (unpaired) electrons. The van der Waals surface area contributed by atoms with E-state index in [2.05, 4.69) is 22.8 Å². The number of nitrogens with zero attached hydrogens (tertiary/aromatic N) is 1. The molecule has 146 valence electrons. The second kappa shape index (κ2) is 10.9. The summed E-state index contributed by atoms with van der Waals surface area (Å²) >= 11 is 2.02. The van der Waals surface area contributed by atoms with Crippen molar-refractivity contribution < 1.29 is 9.15 Å². The Labute approximate surface area is 166 Å². The molecule has 1 atom stereocenters. The van der Waals surface area contributed by atoms with E-state index in [0.29, 0.717) is 12.6 Å². The standard InChI is InChI=1S/C21H29N3O2S/c1-25-19-8-6-17(7-9-19)10-12-22-21(24-18-4-3-15-27-16-18)23-13-11-20-5-2-14-26-20/h2,5-9,14,18H,3-4,10-13,15-16H2,1H3,(H2,22,23,24). The molecule has 1 aromatic carbocycles. The van der Waals surface area contributed by atoms with Crippen LogP contribution in [0.15, 0.2) is 52.1 Å². The molecular weight excluding hydrogens is 358 g/mol. The number of hydrogen-bond acceptors (Lipinski definition) is 4. The molecule has 0 saturated carbocycles. The van der Waals surface area contributed by atoms with E-state index < -0.39 is 0 Å². The minimum Gasteiger partial charge on any atom is -0.497 e. The molecule has 2 aromatic rings. The van der Waals surface area contributed by atoms with Gasteiger partial charge in [-0.2, -0.15) is 11.8 Å². The van der Waals surface area contributed by atoms with E-state index in [-0.39, 0.29) is 0 Å². The third-order valence-corrected chi connectivity index (χ3v) is 5.79. The van der Waals surface area contributed by atoms with Crippen molar-refractivity contribution in [3.63, 3.8) is 0 Å². The summed E-state index contributed by atoms with van der Waals surface area (Å²) in [6.45, 7) is 1.56. The summed E-state index contributed by atoms with van der Waals surface area (Å²) < 4.78 is 10.6. The van der Waals surface area contributed by atoms with Gasteiger partial charge in [-0.1, -0.05) is 12.1 Å². The van der Waals surface area contributed by atoms with Crippen molar-refractivity contribution in [1.82, 2.24) is 10.6 Å². The van der Waals surface area contributed by atoms with E-state index in [9.17, 15) is 0 Å². The number of thioether (sulfide) groups is 1. The molecule has 3 rings (SSSR count). The highest BCUT2D eigenvalue weighted by molar-refractivity contribution is 7.99. The number of guanidine groups is 1. The van der Waals surface area contributed by atoms with Crippen molar-refractivity contribution in [2.75, 3.05) is 31.7 Å². The molecule has 1 aliphatic heterocycles. The van der Waals surface area contributed by atoms with Crippen LogP contribution in [0.25, 0.3) is 0 Å². The summed E-state index contributed by atoms with van der Waals surface area (Å²) in [7, 11) is 1.69. The van der Waals surface area contributed by atoms with Gasteiger partial charge in [0.2, 0.25) is 0 Å². The van der Waals surface area contributed by atoms with Crippen molar-refractivity contribution in [2.45, 2.75) is 31.7 Å². The molecule has 6 heteroatoms. The van der Waals surface area contributed by atoms with Gasteiger partial charge in [-0.05, 0) is 54.8 Å². The second-order valence-electron chi connectivity index (χ2n) is 6.64. The number of aliphatic imine (C=N–C) groups is 1. The van der Waals surface area contributed by atoms with Crippen molar-refractivity contribution >= 4 is 17.7 Å². The van der Waals surface area contributed by atoms with Gasteiger partial charge in [-0.3, -0.25) is 4.99 Å². The van der Waals surface area contributed by atoms with Crippen molar-refractivity contribution in [3.05, 3.63) is 54.0 Å². The van der Waals surface area contributed by atoms with Gasteiger partial charge in [-0.25, -0.2) is 0 Å². The van der Waals surface area contributed by atoms with Gasteiger partial charge in [0.1, 0.15) is 11.5 Å². The van der Waals surface area contributed by atoms with Crippen LogP contribution in [-0.4, -0.2) is 43.7 Å². The molecule has 0 amide bonds. The zero-order valence-corrected chi connectivity index (χ0v) is 16.8. The number of furan rings is 1. The van der Waals surface area contributed by atoms with Gasteiger partial charge >= 0.3 is 0 Å². The molecule has 2 N–H and O–H groups in total. The van der Waals surface area contributed by atoms with E-state index >= 15 is 0 Å². The van der Waals surface area contributed by atoms with Crippen molar-refractivity contribution in [1.29, 1.82) is 0 Å². The zero-order chi connectivity index (χ0) is 18.7. The first-order chi connectivity index (χ1) is 13.3. The summed E-state index contributed by atoms with van der Waals surface area (Å²) in [6.07, 6.45) is 5.96. The SMILES string of the molecule is COc1ccc(CCNC(=NCCc2ccco2)NC2CCCSC2)cc1. The fourth-order valence-corrected chi connectivity index (χ4v) is 4.12. The highest BCUT2D eigenvalue weighted by Crippen LogP contribution is 2.16. The van der Waals surface area contributed by atoms with Crippen LogP contribution in [0.4, 0.5) is 0 Å². The maximum atomic E-state index is 5.40. The summed E-state index contributed by atoms with van der Waals surface area (Å²) in [5, 5.41) is 7.10. The molecule has 1 saturated heterocycles. The maximum Gasteiger partial charge on any atom is 0.191 e.